The van der Waals surface area contributed by atoms with E-state index >= 15 is 0 Å². The molecule has 5 nitrogen and oxygen atoms in total. The molecule has 1 aromatic heterocycles. The van der Waals surface area contributed by atoms with Crippen LogP contribution in [0.4, 0.5) is 0 Å². The molecule has 0 spiro atoms. The van der Waals surface area contributed by atoms with Crippen molar-refractivity contribution in [1.29, 1.82) is 0 Å². The number of imidazole rings is 1. The molecule has 0 aliphatic heterocycles. The smallest absolute Gasteiger partial charge is 0.267 e. The standard InChI is InChI=1S/C23H18ClN3O2/c24-19-11-8-17(9-12-19)15-27-21-7-2-1-6-20(21)25-23(27)18-5-3-4-16(14-18)10-13-22(28)26-29/h1-14,29H,15H2,(H,26,28). The van der Waals surface area contributed by atoms with E-state index in [1.165, 1.54) is 6.08 Å². The van der Waals surface area contributed by atoms with Crippen molar-refractivity contribution in [3.63, 3.8) is 0 Å². The zero-order valence-electron chi connectivity index (χ0n) is 15.4. The van der Waals surface area contributed by atoms with Crippen LogP contribution in [-0.2, 0) is 11.3 Å². The van der Waals surface area contributed by atoms with E-state index in [2.05, 4.69) is 10.6 Å². The van der Waals surface area contributed by atoms with Crippen LogP contribution in [0.1, 0.15) is 11.1 Å². The van der Waals surface area contributed by atoms with Crippen LogP contribution in [0.25, 0.3) is 28.5 Å². The number of amides is 1. The minimum atomic E-state index is -0.578. The Bertz CT molecular complexity index is 1200. The molecule has 1 amide bonds. The molecule has 29 heavy (non-hydrogen) atoms. The van der Waals surface area contributed by atoms with Crippen molar-refractivity contribution in [2.75, 3.05) is 0 Å². The van der Waals surface area contributed by atoms with Gasteiger partial charge in [0.25, 0.3) is 5.91 Å². The number of carbonyl (C=O) groups is 1. The van der Waals surface area contributed by atoms with Gasteiger partial charge in [-0.1, -0.05) is 54.1 Å². The third kappa shape index (κ3) is 4.21. The van der Waals surface area contributed by atoms with E-state index in [1.807, 2.05) is 66.7 Å². The number of para-hydroxylation sites is 2. The molecule has 0 aliphatic rings. The number of nitrogens with zero attached hydrogens (tertiary/aromatic N) is 2. The van der Waals surface area contributed by atoms with E-state index in [4.69, 9.17) is 21.8 Å². The lowest BCUT2D eigenvalue weighted by molar-refractivity contribution is -0.124. The highest BCUT2D eigenvalue weighted by molar-refractivity contribution is 6.30. The zero-order chi connectivity index (χ0) is 20.2. The molecule has 0 aliphatic carbocycles. The second-order valence-electron chi connectivity index (χ2n) is 6.57. The Kier molecular flexibility index (Phi) is 5.42. The highest BCUT2D eigenvalue weighted by Gasteiger charge is 2.13. The first-order valence-corrected chi connectivity index (χ1v) is 9.44. The summed E-state index contributed by atoms with van der Waals surface area (Å²) < 4.78 is 2.17. The fraction of sp³-hybridized carbons (Fsp3) is 0.0435. The van der Waals surface area contributed by atoms with Gasteiger partial charge in [0, 0.05) is 23.2 Å². The Morgan fingerprint density at radius 2 is 1.86 bits per heavy atom. The molecular weight excluding hydrogens is 386 g/mol. The predicted molar refractivity (Wildman–Crippen MR) is 115 cm³/mol. The molecule has 0 saturated carbocycles. The molecule has 6 heteroatoms. The van der Waals surface area contributed by atoms with Crippen molar-refractivity contribution in [2.45, 2.75) is 6.54 Å². The second-order valence-corrected chi connectivity index (χ2v) is 7.01. The van der Waals surface area contributed by atoms with Gasteiger partial charge in [0.1, 0.15) is 5.82 Å². The van der Waals surface area contributed by atoms with Crippen molar-refractivity contribution < 1.29 is 10.0 Å². The first-order valence-electron chi connectivity index (χ1n) is 9.06. The predicted octanol–water partition coefficient (Wildman–Crippen LogP) is 4.92. The van der Waals surface area contributed by atoms with Gasteiger partial charge in [0.2, 0.25) is 0 Å². The second kappa shape index (κ2) is 8.31. The monoisotopic (exact) mass is 403 g/mol. The maximum Gasteiger partial charge on any atom is 0.267 e. The van der Waals surface area contributed by atoms with Crippen molar-refractivity contribution in [3.8, 4) is 11.4 Å². The molecule has 1 heterocycles. The lowest BCUT2D eigenvalue weighted by atomic mass is 10.1. The van der Waals surface area contributed by atoms with Gasteiger partial charge in [0.05, 0.1) is 11.0 Å². The number of hydrogen-bond acceptors (Lipinski definition) is 3. The molecule has 3 aromatic carbocycles. The quantitative estimate of drug-likeness (QED) is 0.282. The van der Waals surface area contributed by atoms with Crippen molar-refractivity contribution in [3.05, 3.63) is 95.0 Å². The van der Waals surface area contributed by atoms with Gasteiger partial charge in [-0.2, -0.15) is 0 Å². The lowest BCUT2D eigenvalue weighted by Gasteiger charge is -2.10. The number of rotatable bonds is 5. The molecule has 0 fully saturated rings. The molecule has 0 atom stereocenters. The molecule has 4 rings (SSSR count). The average Bonchev–Trinajstić information content (AvgIpc) is 3.12. The van der Waals surface area contributed by atoms with Crippen LogP contribution in [0.15, 0.2) is 78.9 Å². The molecular formula is C23H18ClN3O2. The van der Waals surface area contributed by atoms with Gasteiger partial charge in [-0.15, -0.1) is 0 Å². The molecule has 2 N–H and O–H groups in total. The van der Waals surface area contributed by atoms with Crippen LogP contribution in [0, 0.1) is 0 Å². The summed E-state index contributed by atoms with van der Waals surface area (Å²) in [5.41, 5.74) is 6.42. The first-order chi connectivity index (χ1) is 14.1. The van der Waals surface area contributed by atoms with E-state index in [0.29, 0.717) is 11.6 Å². The molecule has 0 unspecified atom stereocenters. The SMILES string of the molecule is O=C(C=Cc1cccc(-c2nc3ccccc3n2Cc2ccc(Cl)cc2)c1)NO. The fourth-order valence-corrected chi connectivity index (χ4v) is 3.34. The Hall–Kier alpha value is -3.41. The largest absolute Gasteiger partial charge is 0.319 e. The third-order valence-corrected chi connectivity index (χ3v) is 4.84. The van der Waals surface area contributed by atoms with Gasteiger partial charge in [0.15, 0.2) is 0 Å². The van der Waals surface area contributed by atoms with E-state index in [9.17, 15) is 4.79 Å². The molecule has 144 valence electrons. The van der Waals surface area contributed by atoms with Gasteiger partial charge in [-0.25, -0.2) is 10.5 Å². The summed E-state index contributed by atoms with van der Waals surface area (Å²) in [4.78, 5) is 16.1. The van der Waals surface area contributed by atoms with Crippen molar-refractivity contribution in [1.82, 2.24) is 15.0 Å². The van der Waals surface area contributed by atoms with Crippen LogP contribution in [0.5, 0.6) is 0 Å². The van der Waals surface area contributed by atoms with E-state index in [1.54, 1.807) is 11.6 Å². The van der Waals surface area contributed by atoms with E-state index in [-0.39, 0.29) is 0 Å². The Morgan fingerprint density at radius 3 is 2.66 bits per heavy atom. The number of fused-ring (bicyclic) bond motifs is 1. The zero-order valence-corrected chi connectivity index (χ0v) is 16.2. The van der Waals surface area contributed by atoms with Crippen LogP contribution in [0.3, 0.4) is 0 Å². The maximum absolute atomic E-state index is 11.3. The summed E-state index contributed by atoms with van der Waals surface area (Å²) >= 11 is 6.03. The minimum Gasteiger partial charge on any atom is -0.319 e. The molecule has 0 radical (unpaired) electrons. The number of halogens is 1. The van der Waals surface area contributed by atoms with Gasteiger partial charge < -0.3 is 4.57 Å². The van der Waals surface area contributed by atoms with Crippen LogP contribution in [-0.4, -0.2) is 20.7 Å². The summed E-state index contributed by atoms with van der Waals surface area (Å²) in [6.07, 6.45) is 2.91. The number of nitrogens with one attached hydrogen (secondary N) is 1. The topological polar surface area (TPSA) is 67.2 Å². The summed E-state index contributed by atoms with van der Waals surface area (Å²) in [6.45, 7) is 0.653. The number of hydroxylamine groups is 1. The fourth-order valence-electron chi connectivity index (χ4n) is 3.22. The first kappa shape index (κ1) is 18.9. The number of benzene rings is 3. The number of carbonyl (C=O) groups excluding carboxylic acids is 1. The van der Waals surface area contributed by atoms with Crippen LogP contribution >= 0.6 is 11.6 Å². The van der Waals surface area contributed by atoms with E-state index in [0.717, 1.165) is 33.5 Å². The number of hydrogen-bond donors (Lipinski definition) is 2. The highest BCUT2D eigenvalue weighted by Crippen LogP contribution is 2.27. The van der Waals surface area contributed by atoms with Crippen molar-refractivity contribution >= 4 is 34.6 Å². The van der Waals surface area contributed by atoms with Crippen LogP contribution < -0.4 is 5.48 Å². The Labute approximate surface area is 172 Å². The number of aromatic nitrogens is 2. The maximum atomic E-state index is 11.3. The molecule has 0 saturated heterocycles. The van der Waals surface area contributed by atoms with Gasteiger partial charge >= 0.3 is 0 Å². The summed E-state index contributed by atoms with van der Waals surface area (Å²) in [6, 6.07) is 23.5. The molecule has 4 aromatic rings. The Morgan fingerprint density at radius 1 is 1.07 bits per heavy atom. The molecule has 0 bridgehead atoms. The highest BCUT2D eigenvalue weighted by atomic mass is 35.5. The summed E-state index contributed by atoms with van der Waals surface area (Å²) in [5.74, 6) is 0.258. The van der Waals surface area contributed by atoms with Crippen molar-refractivity contribution in [2.24, 2.45) is 0 Å². The lowest BCUT2D eigenvalue weighted by Crippen LogP contribution is -2.14. The van der Waals surface area contributed by atoms with Crippen LogP contribution in [0.2, 0.25) is 5.02 Å². The normalized spacial score (nSPS) is 11.2. The third-order valence-electron chi connectivity index (χ3n) is 4.59. The van der Waals surface area contributed by atoms with Gasteiger partial charge in [-0.3, -0.25) is 10.0 Å². The average molecular weight is 404 g/mol. The summed E-state index contributed by atoms with van der Waals surface area (Å²) in [7, 11) is 0. The van der Waals surface area contributed by atoms with E-state index < -0.39 is 5.91 Å². The summed E-state index contributed by atoms with van der Waals surface area (Å²) in [5, 5.41) is 9.35. The Balaban J connectivity index is 1.78. The minimum absolute atomic E-state index is 0.578. The van der Waals surface area contributed by atoms with Gasteiger partial charge in [-0.05, 0) is 47.5 Å².